The van der Waals surface area contributed by atoms with Gasteiger partial charge in [-0.25, -0.2) is 0 Å². The summed E-state index contributed by atoms with van der Waals surface area (Å²) < 4.78 is 15.0. The van der Waals surface area contributed by atoms with Gasteiger partial charge in [0, 0.05) is 0 Å². The van der Waals surface area contributed by atoms with Crippen molar-refractivity contribution in [1.82, 2.24) is 0 Å². The van der Waals surface area contributed by atoms with Gasteiger partial charge in [-0.1, -0.05) is 0 Å². The van der Waals surface area contributed by atoms with E-state index in [9.17, 15) is 0 Å². The molecule has 0 aromatic carbocycles. The molecular formula is C10H12O2S2Te. The molecule has 0 bridgehead atoms. The molecule has 2 unspecified atom stereocenters. The molecule has 3 rings (SSSR count). The summed E-state index contributed by atoms with van der Waals surface area (Å²) in [5.41, 5.74) is 0. The Kier molecular flexibility index (Phi) is 3.45. The van der Waals surface area contributed by atoms with E-state index in [1.165, 1.54) is 15.3 Å². The van der Waals surface area contributed by atoms with Crippen LogP contribution in [0.2, 0.25) is 0 Å². The summed E-state index contributed by atoms with van der Waals surface area (Å²) >= 11 is 3.74. The van der Waals surface area contributed by atoms with E-state index in [4.69, 9.17) is 9.47 Å². The zero-order valence-electron chi connectivity index (χ0n) is 8.18. The van der Waals surface area contributed by atoms with Crippen molar-refractivity contribution in [3.63, 3.8) is 0 Å². The molecule has 0 amide bonds. The molecule has 15 heavy (non-hydrogen) atoms. The van der Waals surface area contributed by atoms with E-state index < -0.39 is 0 Å². The van der Waals surface area contributed by atoms with Crippen molar-refractivity contribution >= 4 is 44.0 Å². The van der Waals surface area contributed by atoms with Gasteiger partial charge in [0.05, 0.1) is 0 Å². The van der Waals surface area contributed by atoms with E-state index in [0.29, 0.717) is 0 Å². The molecule has 2 saturated heterocycles. The van der Waals surface area contributed by atoms with Gasteiger partial charge in [-0.15, -0.1) is 0 Å². The first-order chi connectivity index (χ1) is 7.42. The van der Waals surface area contributed by atoms with Crippen molar-refractivity contribution in [2.24, 2.45) is 0 Å². The van der Waals surface area contributed by atoms with Crippen LogP contribution in [0, 0.1) is 0 Å². The molecule has 0 saturated carbocycles. The third-order valence-electron chi connectivity index (χ3n) is 2.23. The molecule has 2 nitrogen and oxygen atoms in total. The molecule has 2 aliphatic heterocycles. The topological polar surface area (TPSA) is 18.5 Å². The van der Waals surface area contributed by atoms with Gasteiger partial charge >= 0.3 is 108 Å². The van der Waals surface area contributed by atoms with Crippen molar-refractivity contribution in [3.05, 3.63) is 10.1 Å². The Morgan fingerprint density at radius 3 is 2.53 bits per heavy atom. The molecule has 5 heteroatoms. The Morgan fingerprint density at radius 2 is 1.87 bits per heavy atom. The van der Waals surface area contributed by atoms with Crippen LogP contribution in [-0.4, -0.2) is 55.7 Å². The van der Waals surface area contributed by atoms with Crippen LogP contribution in [0.15, 0.2) is 10.1 Å². The third kappa shape index (κ3) is 3.26. The standard InChI is InChI=1S/C10H12O2S2Te/c1-2-15-10(12-4-8-6-14-8)9(1)11-3-7-5-13-7/h1-2,7-8H,3-6H2. The minimum absolute atomic E-state index is 0.217. The molecule has 2 aliphatic rings. The molecule has 0 spiro atoms. The van der Waals surface area contributed by atoms with Gasteiger partial charge < -0.3 is 0 Å². The number of hydrogen-bond acceptors (Lipinski definition) is 4. The summed E-state index contributed by atoms with van der Waals surface area (Å²) in [4.78, 5) is 0. The van der Waals surface area contributed by atoms with Crippen molar-refractivity contribution < 1.29 is 9.47 Å². The van der Waals surface area contributed by atoms with Crippen molar-refractivity contribution in [2.45, 2.75) is 10.5 Å². The Bertz CT molecular complexity index is 303. The van der Waals surface area contributed by atoms with Gasteiger partial charge in [0.15, 0.2) is 0 Å². The maximum atomic E-state index is 5.81. The van der Waals surface area contributed by atoms with Crippen LogP contribution in [0.3, 0.4) is 0 Å². The van der Waals surface area contributed by atoms with Crippen LogP contribution in [-0.2, 0) is 0 Å². The second-order valence-electron chi connectivity index (χ2n) is 3.61. The molecule has 0 radical (unpaired) electrons. The minimum atomic E-state index is -0.217. The Labute approximate surface area is 108 Å². The number of ether oxygens (including phenoxy) is 2. The summed E-state index contributed by atoms with van der Waals surface area (Å²) in [6, 6.07) is 2.10. The van der Waals surface area contributed by atoms with E-state index in [1.54, 1.807) is 0 Å². The van der Waals surface area contributed by atoms with Gasteiger partial charge in [-0.2, -0.15) is 0 Å². The van der Waals surface area contributed by atoms with Crippen LogP contribution >= 0.6 is 23.5 Å². The average Bonchev–Trinajstić information content (AvgIpc) is 3.14. The van der Waals surface area contributed by atoms with Gasteiger partial charge in [-0.05, 0) is 0 Å². The Morgan fingerprint density at radius 1 is 1.20 bits per heavy atom. The predicted molar refractivity (Wildman–Crippen MR) is 66.9 cm³/mol. The van der Waals surface area contributed by atoms with Crippen LogP contribution in [0.1, 0.15) is 0 Å². The van der Waals surface area contributed by atoms with Gasteiger partial charge in [0.25, 0.3) is 0 Å². The fourth-order valence-corrected chi connectivity index (χ4v) is 3.95. The van der Waals surface area contributed by atoms with E-state index in [0.717, 1.165) is 29.5 Å². The normalized spacial score (nSPS) is 27.5. The first-order valence-corrected chi connectivity index (χ1v) is 9.59. The first kappa shape index (κ1) is 10.7. The summed E-state index contributed by atoms with van der Waals surface area (Å²) in [6.07, 6.45) is 0. The summed E-state index contributed by atoms with van der Waals surface area (Å²) in [7, 11) is 0. The second kappa shape index (κ2) is 4.83. The predicted octanol–water partition coefficient (Wildman–Crippen LogP) is 1.73. The van der Waals surface area contributed by atoms with E-state index in [-0.39, 0.29) is 20.4 Å². The number of hydrogen-bond donors (Lipinski definition) is 0. The fraction of sp³-hybridized carbons (Fsp3) is 0.600. The molecule has 1 aromatic heterocycles. The van der Waals surface area contributed by atoms with Crippen molar-refractivity contribution in [3.8, 4) is 9.51 Å². The Hall–Kier alpha value is 0.570. The summed E-state index contributed by atoms with van der Waals surface area (Å²) in [5, 5.41) is 1.50. The monoisotopic (exact) mass is 358 g/mol. The van der Waals surface area contributed by atoms with Crippen LogP contribution < -0.4 is 9.47 Å². The molecule has 0 N–H and O–H groups in total. The molecule has 3 heterocycles. The van der Waals surface area contributed by atoms with Crippen LogP contribution in [0.25, 0.3) is 0 Å². The second-order valence-corrected chi connectivity index (χ2v) is 8.78. The number of thioether (sulfide) groups is 2. The fourth-order valence-electron chi connectivity index (χ4n) is 1.18. The molecular weight excluding hydrogens is 344 g/mol. The SMILES string of the molecule is c1cc(OCC2CS2)c(OCC2CS2)[te]1. The van der Waals surface area contributed by atoms with Crippen LogP contribution in [0.5, 0.6) is 9.51 Å². The first-order valence-electron chi connectivity index (χ1n) is 4.98. The zero-order valence-corrected chi connectivity index (χ0v) is 12.1. The van der Waals surface area contributed by atoms with E-state index >= 15 is 0 Å². The van der Waals surface area contributed by atoms with Crippen molar-refractivity contribution in [2.75, 3.05) is 24.7 Å². The summed E-state index contributed by atoms with van der Waals surface area (Å²) in [5.74, 6) is 3.56. The van der Waals surface area contributed by atoms with Gasteiger partial charge in [0.1, 0.15) is 0 Å². The summed E-state index contributed by atoms with van der Waals surface area (Å²) in [6.45, 7) is 1.75. The van der Waals surface area contributed by atoms with Gasteiger partial charge in [-0.3, -0.25) is 0 Å². The van der Waals surface area contributed by atoms with Gasteiger partial charge in [0.2, 0.25) is 0 Å². The third-order valence-corrected chi connectivity index (χ3v) is 6.41. The number of rotatable bonds is 6. The molecule has 82 valence electrons. The molecule has 0 aliphatic carbocycles. The van der Waals surface area contributed by atoms with Crippen molar-refractivity contribution in [1.29, 1.82) is 0 Å². The molecule has 2 fully saturated rings. The van der Waals surface area contributed by atoms with E-state index in [2.05, 4.69) is 10.1 Å². The Balaban J connectivity index is 1.52. The molecule has 1 aromatic rings. The maximum absolute atomic E-state index is 5.81. The quantitative estimate of drug-likeness (QED) is 0.571. The molecule has 2 atom stereocenters. The van der Waals surface area contributed by atoms with Crippen LogP contribution in [0.4, 0.5) is 0 Å². The zero-order chi connectivity index (χ0) is 10.1. The average molecular weight is 356 g/mol. The van der Waals surface area contributed by atoms with E-state index in [1.807, 2.05) is 23.5 Å².